The van der Waals surface area contributed by atoms with E-state index in [1.165, 1.54) is 6.92 Å². The second-order valence-electron chi connectivity index (χ2n) is 5.33. The summed E-state index contributed by atoms with van der Waals surface area (Å²) in [4.78, 5) is 23.0. The monoisotopic (exact) mass is 263 g/mol. The number of carbonyl (C=O) groups excluding carboxylic acids is 2. The Kier molecular flexibility index (Phi) is 4.84. The van der Waals surface area contributed by atoms with Gasteiger partial charge in [-0.05, 0) is 31.9 Å². The molecule has 1 unspecified atom stereocenters. The molecule has 4 heteroatoms. The summed E-state index contributed by atoms with van der Waals surface area (Å²) in [6.45, 7) is 7.16. The molecular formula is C15H21NO3. The molecule has 0 spiro atoms. The molecule has 0 aromatic heterocycles. The van der Waals surface area contributed by atoms with Crippen LogP contribution in [0.1, 0.15) is 48.4 Å². The van der Waals surface area contributed by atoms with Crippen molar-refractivity contribution in [1.29, 1.82) is 0 Å². The molecule has 1 aromatic rings. The molecule has 0 saturated heterocycles. The number of carbonyl (C=O) groups is 2. The lowest BCUT2D eigenvalue weighted by Crippen LogP contribution is -2.44. The fourth-order valence-electron chi connectivity index (χ4n) is 1.42. The molecule has 2 N–H and O–H groups in total. The largest absolute Gasteiger partial charge is 0.388 e. The van der Waals surface area contributed by atoms with E-state index in [0.29, 0.717) is 11.1 Å². The van der Waals surface area contributed by atoms with Crippen molar-refractivity contribution in [2.45, 2.75) is 33.3 Å². The third kappa shape index (κ3) is 4.17. The highest BCUT2D eigenvalue weighted by Crippen LogP contribution is 2.14. The van der Waals surface area contributed by atoms with Crippen molar-refractivity contribution in [1.82, 2.24) is 5.32 Å². The zero-order valence-corrected chi connectivity index (χ0v) is 11.9. The van der Waals surface area contributed by atoms with Gasteiger partial charge in [0.1, 0.15) is 0 Å². The van der Waals surface area contributed by atoms with Crippen molar-refractivity contribution in [2.24, 2.45) is 5.92 Å². The van der Waals surface area contributed by atoms with E-state index < -0.39 is 5.60 Å². The van der Waals surface area contributed by atoms with E-state index in [9.17, 15) is 14.7 Å². The van der Waals surface area contributed by atoms with E-state index in [-0.39, 0.29) is 24.2 Å². The predicted octanol–water partition coefficient (Wildman–Crippen LogP) is 2.03. The van der Waals surface area contributed by atoms with Crippen LogP contribution in [0.4, 0.5) is 0 Å². The molecule has 0 aliphatic rings. The third-order valence-corrected chi connectivity index (χ3v) is 3.40. The fourth-order valence-corrected chi connectivity index (χ4v) is 1.42. The van der Waals surface area contributed by atoms with Gasteiger partial charge >= 0.3 is 0 Å². The van der Waals surface area contributed by atoms with Crippen molar-refractivity contribution in [3.63, 3.8) is 0 Å². The van der Waals surface area contributed by atoms with Gasteiger partial charge in [-0.15, -0.1) is 0 Å². The number of ketones is 1. The van der Waals surface area contributed by atoms with Gasteiger partial charge in [0.25, 0.3) is 5.91 Å². The summed E-state index contributed by atoms with van der Waals surface area (Å²) in [6, 6.07) is 6.46. The van der Waals surface area contributed by atoms with Crippen LogP contribution in [0, 0.1) is 5.92 Å². The molecule has 0 heterocycles. The van der Waals surface area contributed by atoms with Crippen LogP contribution < -0.4 is 5.32 Å². The molecule has 1 amide bonds. The van der Waals surface area contributed by atoms with Gasteiger partial charge in [-0.2, -0.15) is 0 Å². The van der Waals surface area contributed by atoms with Gasteiger partial charge in [0.05, 0.1) is 5.60 Å². The predicted molar refractivity (Wildman–Crippen MR) is 74.2 cm³/mol. The maximum atomic E-state index is 11.9. The highest BCUT2D eigenvalue weighted by Gasteiger charge is 2.25. The lowest BCUT2D eigenvalue weighted by atomic mass is 9.92. The molecule has 0 radical (unpaired) electrons. The summed E-state index contributed by atoms with van der Waals surface area (Å²) in [7, 11) is 0. The van der Waals surface area contributed by atoms with Crippen LogP contribution in [0.3, 0.4) is 0 Å². The van der Waals surface area contributed by atoms with Crippen molar-refractivity contribution in [2.75, 3.05) is 6.54 Å². The summed E-state index contributed by atoms with van der Waals surface area (Å²) in [5.41, 5.74) is 0.116. The SMILES string of the molecule is CC(=O)c1ccc(C(=O)NCC(C)(O)C(C)C)cc1. The number of amides is 1. The standard InChI is InChI=1S/C15H21NO3/c1-10(2)15(4,19)9-16-14(18)13-7-5-12(6-8-13)11(3)17/h5-8,10,19H,9H2,1-4H3,(H,16,18). The second kappa shape index (κ2) is 5.97. The third-order valence-electron chi connectivity index (χ3n) is 3.40. The highest BCUT2D eigenvalue weighted by molar-refractivity contribution is 5.97. The average molecular weight is 263 g/mol. The van der Waals surface area contributed by atoms with Crippen LogP contribution in [-0.2, 0) is 0 Å². The van der Waals surface area contributed by atoms with E-state index >= 15 is 0 Å². The molecule has 104 valence electrons. The first-order valence-electron chi connectivity index (χ1n) is 6.35. The number of hydrogen-bond donors (Lipinski definition) is 2. The Morgan fingerprint density at radius 2 is 1.68 bits per heavy atom. The van der Waals surface area contributed by atoms with Gasteiger partial charge in [0.15, 0.2) is 5.78 Å². The summed E-state index contributed by atoms with van der Waals surface area (Å²) >= 11 is 0. The quantitative estimate of drug-likeness (QED) is 0.799. The average Bonchev–Trinajstić information content (AvgIpc) is 2.36. The van der Waals surface area contributed by atoms with Crippen LogP contribution in [0.2, 0.25) is 0 Å². The van der Waals surface area contributed by atoms with Gasteiger partial charge < -0.3 is 10.4 Å². The first kappa shape index (κ1) is 15.4. The van der Waals surface area contributed by atoms with Crippen LogP contribution in [0.25, 0.3) is 0 Å². The van der Waals surface area contributed by atoms with Crippen LogP contribution in [0.15, 0.2) is 24.3 Å². The Hall–Kier alpha value is -1.68. The molecule has 19 heavy (non-hydrogen) atoms. The topological polar surface area (TPSA) is 66.4 Å². The van der Waals surface area contributed by atoms with Gasteiger partial charge in [0, 0.05) is 17.7 Å². The first-order chi connectivity index (χ1) is 8.74. The maximum absolute atomic E-state index is 11.9. The van der Waals surface area contributed by atoms with E-state index in [1.807, 2.05) is 13.8 Å². The normalized spacial score (nSPS) is 14.0. The molecule has 0 aliphatic heterocycles. The molecule has 0 saturated carbocycles. The molecule has 4 nitrogen and oxygen atoms in total. The molecule has 1 rings (SSSR count). The molecule has 0 aliphatic carbocycles. The van der Waals surface area contributed by atoms with Crippen LogP contribution >= 0.6 is 0 Å². The van der Waals surface area contributed by atoms with Crippen molar-refractivity contribution >= 4 is 11.7 Å². The minimum atomic E-state index is -0.936. The Labute approximate surface area is 113 Å². The number of aliphatic hydroxyl groups is 1. The summed E-state index contributed by atoms with van der Waals surface area (Å²) in [5.74, 6) is -0.237. The minimum absolute atomic E-state index is 0.0327. The van der Waals surface area contributed by atoms with E-state index in [1.54, 1.807) is 31.2 Å². The van der Waals surface area contributed by atoms with Crippen molar-refractivity contribution in [3.8, 4) is 0 Å². The van der Waals surface area contributed by atoms with Gasteiger partial charge in [-0.1, -0.05) is 26.0 Å². The lowest BCUT2D eigenvalue weighted by Gasteiger charge is -2.27. The number of benzene rings is 1. The van der Waals surface area contributed by atoms with Gasteiger partial charge in [0.2, 0.25) is 0 Å². The second-order valence-corrected chi connectivity index (χ2v) is 5.33. The summed E-state index contributed by atoms with van der Waals surface area (Å²) in [6.07, 6.45) is 0. The smallest absolute Gasteiger partial charge is 0.251 e. The Morgan fingerprint density at radius 1 is 1.21 bits per heavy atom. The van der Waals surface area contributed by atoms with Crippen LogP contribution in [-0.4, -0.2) is 28.9 Å². The Bertz CT molecular complexity index is 461. The Balaban J connectivity index is 2.66. The summed E-state index contributed by atoms with van der Waals surface area (Å²) < 4.78 is 0. The van der Waals surface area contributed by atoms with Crippen molar-refractivity contribution in [3.05, 3.63) is 35.4 Å². The minimum Gasteiger partial charge on any atom is -0.388 e. The fraction of sp³-hybridized carbons (Fsp3) is 0.467. The zero-order valence-electron chi connectivity index (χ0n) is 11.9. The number of nitrogens with one attached hydrogen (secondary N) is 1. The molecular weight excluding hydrogens is 242 g/mol. The molecule has 0 bridgehead atoms. The number of rotatable bonds is 5. The zero-order chi connectivity index (χ0) is 14.6. The Morgan fingerprint density at radius 3 is 2.11 bits per heavy atom. The highest BCUT2D eigenvalue weighted by atomic mass is 16.3. The molecule has 1 atom stereocenters. The van der Waals surface area contributed by atoms with E-state index in [0.717, 1.165) is 0 Å². The number of hydrogen-bond acceptors (Lipinski definition) is 3. The molecule has 0 fully saturated rings. The van der Waals surface area contributed by atoms with Crippen LogP contribution in [0.5, 0.6) is 0 Å². The summed E-state index contributed by atoms with van der Waals surface area (Å²) in [5, 5.41) is 12.7. The van der Waals surface area contributed by atoms with Gasteiger partial charge in [-0.3, -0.25) is 9.59 Å². The molecule has 1 aromatic carbocycles. The maximum Gasteiger partial charge on any atom is 0.251 e. The van der Waals surface area contributed by atoms with E-state index in [2.05, 4.69) is 5.32 Å². The van der Waals surface area contributed by atoms with E-state index in [4.69, 9.17) is 0 Å². The number of Topliss-reactive ketones (excluding diaryl/α,β-unsaturated/α-hetero) is 1. The lowest BCUT2D eigenvalue weighted by molar-refractivity contribution is 0.0142. The van der Waals surface area contributed by atoms with Gasteiger partial charge in [-0.25, -0.2) is 0 Å². The van der Waals surface area contributed by atoms with Crippen molar-refractivity contribution < 1.29 is 14.7 Å². The first-order valence-corrected chi connectivity index (χ1v) is 6.35.